The van der Waals surface area contributed by atoms with Crippen molar-refractivity contribution in [2.45, 2.75) is 64.0 Å². The van der Waals surface area contributed by atoms with E-state index in [1.807, 2.05) is 25.1 Å². The Morgan fingerprint density at radius 2 is 2.04 bits per heavy atom. The van der Waals surface area contributed by atoms with Gasteiger partial charge < -0.3 is 20.5 Å². The van der Waals surface area contributed by atoms with Gasteiger partial charge in [-0.2, -0.15) is 0 Å². The van der Waals surface area contributed by atoms with Gasteiger partial charge in [-0.3, -0.25) is 4.79 Å². The molecule has 5 nitrogen and oxygen atoms in total. The van der Waals surface area contributed by atoms with Gasteiger partial charge in [0.1, 0.15) is 0 Å². The number of unbranched alkanes of at least 4 members (excludes halogenated alkanes) is 1. The van der Waals surface area contributed by atoms with Crippen molar-refractivity contribution in [2.24, 2.45) is 5.73 Å². The molecule has 1 aliphatic rings. The average Bonchev–Trinajstić information content (AvgIpc) is 3.03. The fraction of sp³-hybridized carbons (Fsp3) is 0.632. The highest BCUT2D eigenvalue weighted by Crippen LogP contribution is 2.32. The van der Waals surface area contributed by atoms with Crippen LogP contribution in [0.3, 0.4) is 0 Å². The van der Waals surface area contributed by atoms with Crippen LogP contribution in [-0.2, 0) is 4.79 Å². The quantitative estimate of drug-likeness (QED) is 0.715. The predicted octanol–water partition coefficient (Wildman–Crippen LogP) is 3.32. The maximum atomic E-state index is 12.5. The molecule has 0 aromatic heterocycles. The summed E-state index contributed by atoms with van der Waals surface area (Å²) < 4.78 is 11.2. The fourth-order valence-corrected chi connectivity index (χ4v) is 3.06. The molecular weight excluding hydrogens is 304 g/mol. The van der Waals surface area contributed by atoms with Gasteiger partial charge >= 0.3 is 0 Å². The van der Waals surface area contributed by atoms with Crippen LogP contribution in [0.2, 0.25) is 0 Å². The molecule has 134 valence electrons. The smallest absolute Gasteiger partial charge is 0.240 e. The Hall–Kier alpha value is -1.75. The highest BCUT2D eigenvalue weighted by Gasteiger charge is 2.37. The summed E-state index contributed by atoms with van der Waals surface area (Å²) in [4.78, 5) is 12.5. The number of nitrogens with two attached hydrogens (primary N) is 1. The van der Waals surface area contributed by atoms with Gasteiger partial charge in [-0.25, -0.2) is 0 Å². The first-order valence-electron chi connectivity index (χ1n) is 8.90. The van der Waals surface area contributed by atoms with E-state index < -0.39 is 5.54 Å². The Morgan fingerprint density at radius 3 is 2.67 bits per heavy atom. The summed E-state index contributed by atoms with van der Waals surface area (Å²) >= 11 is 0. The number of amides is 1. The van der Waals surface area contributed by atoms with Crippen LogP contribution < -0.4 is 20.5 Å². The molecule has 0 aliphatic heterocycles. The number of ether oxygens (including phenoxy) is 2. The third-order valence-electron chi connectivity index (χ3n) is 4.74. The van der Waals surface area contributed by atoms with Crippen LogP contribution in [-0.4, -0.2) is 25.2 Å². The molecule has 1 fully saturated rings. The molecule has 0 radical (unpaired) electrons. The molecule has 1 aromatic rings. The number of rotatable bonds is 8. The third-order valence-corrected chi connectivity index (χ3v) is 4.74. The zero-order valence-corrected chi connectivity index (χ0v) is 15.1. The molecule has 1 aromatic carbocycles. The fourth-order valence-electron chi connectivity index (χ4n) is 3.06. The Labute approximate surface area is 144 Å². The maximum absolute atomic E-state index is 12.5. The minimum atomic E-state index is -0.707. The lowest BCUT2D eigenvalue weighted by molar-refractivity contribution is -0.126. The van der Waals surface area contributed by atoms with Crippen molar-refractivity contribution < 1.29 is 14.3 Å². The standard InChI is InChI=1S/C19H30N2O3/c1-4-5-12-24-16-9-8-15(13-17(16)23-3)14(2)21-18(22)19(20)10-6-7-11-19/h8-9,13-14H,4-7,10-12,20H2,1-3H3,(H,21,22). The summed E-state index contributed by atoms with van der Waals surface area (Å²) in [5.41, 5.74) is 6.49. The number of carbonyl (C=O) groups excluding carboxylic acids is 1. The SMILES string of the molecule is CCCCOc1ccc(C(C)NC(=O)C2(N)CCCC2)cc1OC. The van der Waals surface area contributed by atoms with E-state index in [9.17, 15) is 4.79 Å². The molecule has 3 N–H and O–H groups in total. The van der Waals surface area contributed by atoms with E-state index in [2.05, 4.69) is 12.2 Å². The Bertz CT molecular complexity index is 554. The maximum Gasteiger partial charge on any atom is 0.240 e. The third kappa shape index (κ3) is 4.41. The van der Waals surface area contributed by atoms with Gasteiger partial charge in [-0.05, 0) is 43.9 Å². The molecule has 0 spiro atoms. The van der Waals surface area contributed by atoms with E-state index >= 15 is 0 Å². The average molecular weight is 334 g/mol. The first kappa shape index (κ1) is 18.6. The summed E-state index contributed by atoms with van der Waals surface area (Å²) in [7, 11) is 1.63. The van der Waals surface area contributed by atoms with Crippen LogP contribution in [0.15, 0.2) is 18.2 Å². The van der Waals surface area contributed by atoms with Crippen LogP contribution >= 0.6 is 0 Å². The molecule has 0 saturated heterocycles. The number of methoxy groups -OCH3 is 1. The van der Waals surface area contributed by atoms with Crippen LogP contribution in [0.1, 0.15) is 64.0 Å². The van der Waals surface area contributed by atoms with Gasteiger partial charge in [-0.15, -0.1) is 0 Å². The second kappa shape index (κ2) is 8.38. The first-order valence-corrected chi connectivity index (χ1v) is 8.90. The van der Waals surface area contributed by atoms with E-state index in [1.165, 1.54) is 0 Å². The highest BCUT2D eigenvalue weighted by molar-refractivity contribution is 5.86. The van der Waals surface area contributed by atoms with Gasteiger partial charge in [0.05, 0.1) is 25.3 Å². The molecule has 1 aliphatic carbocycles. The Kier molecular flexibility index (Phi) is 6.49. The van der Waals surface area contributed by atoms with Crippen LogP contribution in [0.25, 0.3) is 0 Å². The second-order valence-electron chi connectivity index (χ2n) is 6.67. The minimum Gasteiger partial charge on any atom is -0.493 e. The molecule has 24 heavy (non-hydrogen) atoms. The molecule has 0 heterocycles. The monoisotopic (exact) mass is 334 g/mol. The summed E-state index contributed by atoms with van der Waals surface area (Å²) in [5, 5.41) is 3.04. The predicted molar refractivity (Wildman–Crippen MR) is 95.3 cm³/mol. The van der Waals surface area contributed by atoms with Gasteiger partial charge in [0.2, 0.25) is 5.91 Å². The number of benzene rings is 1. The first-order chi connectivity index (χ1) is 11.5. The van der Waals surface area contributed by atoms with Crippen molar-refractivity contribution in [3.05, 3.63) is 23.8 Å². The normalized spacial score (nSPS) is 17.3. The summed E-state index contributed by atoms with van der Waals surface area (Å²) in [6, 6.07) is 5.66. The number of carbonyl (C=O) groups is 1. The summed E-state index contributed by atoms with van der Waals surface area (Å²) in [6.45, 7) is 4.76. The Morgan fingerprint density at radius 1 is 1.33 bits per heavy atom. The van der Waals surface area contributed by atoms with Crippen LogP contribution in [0, 0.1) is 0 Å². The molecule has 1 saturated carbocycles. The number of nitrogens with one attached hydrogen (secondary N) is 1. The molecule has 1 unspecified atom stereocenters. The van der Waals surface area contributed by atoms with Crippen molar-refractivity contribution >= 4 is 5.91 Å². The van der Waals surface area contributed by atoms with E-state index in [0.717, 1.165) is 49.8 Å². The zero-order valence-electron chi connectivity index (χ0n) is 15.1. The van der Waals surface area contributed by atoms with Crippen molar-refractivity contribution in [3.63, 3.8) is 0 Å². The van der Waals surface area contributed by atoms with E-state index in [1.54, 1.807) is 7.11 Å². The van der Waals surface area contributed by atoms with Gasteiger partial charge in [0, 0.05) is 0 Å². The van der Waals surface area contributed by atoms with E-state index in [-0.39, 0.29) is 11.9 Å². The highest BCUT2D eigenvalue weighted by atomic mass is 16.5. The van der Waals surface area contributed by atoms with Crippen LogP contribution in [0.4, 0.5) is 0 Å². The van der Waals surface area contributed by atoms with Crippen molar-refractivity contribution in [2.75, 3.05) is 13.7 Å². The van der Waals surface area contributed by atoms with Crippen molar-refractivity contribution in [1.29, 1.82) is 0 Å². The summed E-state index contributed by atoms with van der Waals surface area (Å²) in [5.74, 6) is 1.36. The van der Waals surface area contributed by atoms with Gasteiger partial charge in [0.25, 0.3) is 0 Å². The minimum absolute atomic E-state index is 0.0604. The summed E-state index contributed by atoms with van der Waals surface area (Å²) in [6.07, 6.45) is 5.67. The van der Waals surface area contributed by atoms with E-state index in [0.29, 0.717) is 12.4 Å². The molecule has 2 rings (SSSR count). The zero-order chi connectivity index (χ0) is 17.6. The molecule has 1 amide bonds. The molecule has 1 atom stereocenters. The largest absolute Gasteiger partial charge is 0.493 e. The number of hydrogen-bond acceptors (Lipinski definition) is 4. The lowest BCUT2D eigenvalue weighted by Gasteiger charge is -2.25. The van der Waals surface area contributed by atoms with Gasteiger partial charge in [-0.1, -0.05) is 32.3 Å². The van der Waals surface area contributed by atoms with Crippen molar-refractivity contribution in [1.82, 2.24) is 5.32 Å². The topological polar surface area (TPSA) is 73.6 Å². The lowest BCUT2D eigenvalue weighted by Crippen LogP contribution is -2.52. The van der Waals surface area contributed by atoms with Crippen molar-refractivity contribution in [3.8, 4) is 11.5 Å². The van der Waals surface area contributed by atoms with Crippen LogP contribution in [0.5, 0.6) is 11.5 Å². The van der Waals surface area contributed by atoms with E-state index in [4.69, 9.17) is 15.2 Å². The molecule has 5 heteroatoms. The molecule has 0 bridgehead atoms. The molecular formula is C19H30N2O3. The van der Waals surface area contributed by atoms with Gasteiger partial charge in [0.15, 0.2) is 11.5 Å². The second-order valence-corrected chi connectivity index (χ2v) is 6.67. The Balaban J connectivity index is 2.03. The number of hydrogen-bond donors (Lipinski definition) is 2. The lowest BCUT2D eigenvalue weighted by atomic mass is 9.97.